The van der Waals surface area contributed by atoms with Crippen LogP contribution >= 0.6 is 0 Å². The van der Waals surface area contributed by atoms with Crippen molar-refractivity contribution in [3.63, 3.8) is 0 Å². The second-order valence-corrected chi connectivity index (χ2v) is 7.36. The second kappa shape index (κ2) is 7.22. The molecule has 1 unspecified atom stereocenters. The predicted molar refractivity (Wildman–Crippen MR) is 112 cm³/mol. The van der Waals surface area contributed by atoms with Gasteiger partial charge in [0.05, 0.1) is 0 Å². The van der Waals surface area contributed by atoms with Gasteiger partial charge >= 0.3 is 0 Å². The summed E-state index contributed by atoms with van der Waals surface area (Å²) >= 11 is 0. The van der Waals surface area contributed by atoms with Crippen molar-refractivity contribution in [2.24, 2.45) is 0 Å². The molecule has 1 saturated heterocycles. The summed E-state index contributed by atoms with van der Waals surface area (Å²) in [5.74, 6) is -0.194. The number of nitrogens with one attached hydrogen (secondary N) is 2. The Bertz CT molecular complexity index is 1140. The van der Waals surface area contributed by atoms with Gasteiger partial charge in [-0.15, -0.1) is 0 Å². The number of benzene rings is 2. The summed E-state index contributed by atoms with van der Waals surface area (Å²) in [6.07, 6.45) is 5.46. The lowest BCUT2D eigenvalue weighted by Crippen LogP contribution is -2.36. The van der Waals surface area contributed by atoms with Crippen LogP contribution in [0.15, 0.2) is 54.7 Å². The van der Waals surface area contributed by atoms with Gasteiger partial charge in [-0.2, -0.15) is 0 Å². The number of hydrogen-bond acceptors (Lipinski definition) is 3. The quantitative estimate of drug-likeness (QED) is 0.674. The summed E-state index contributed by atoms with van der Waals surface area (Å²) in [5, 5.41) is 6.84. The Morgan fingerprint density at radius 2 is 2.03 bits per heavy atom. The smallest absolute Gasteiger partial charge is 0.256 e. The Balaban J connectivity index is 1.49. The first kappa shape index (κ1) is 17.7. The number of carbonyl (C=O) groups is 2. The minimum absolute atomic E-state index is 0.0826. The Labute approximate surface area is 168 Å². The van der Waals surface area contributed by atoms with Gasteiger partial charge in [0, 0.05) is 46.1 Å². The maximum Gasteiger partial charge on any atom is 0.256 e. The minimum atomic E-state index is -0.190. The van der Waals surface area contributed by atoms with Crippen molar-refractivity contribution in [1.29, 1.82) is 0 Å². The van der Waals surface area contributed by atoms with E-state index in [1.54, 1.807) is 0 Å². The monoisotopic (exact) mass is 387 g/mol. The van der Waals surface area contributed by atoms with Crippen LogP contribution in [0.2, 0.25) is 0 Å². The fourth-order valence-electron chi connectivity index (χ4n) is 4.03. The molecule has 1 atom stereocenters. The van der Waals surface area contributed by atoms with Crippen LogP contribution in [0.3, 0.4) is 0 Å². The van der Waals surface area contributed by atoms with Gasteiger partial charge in [-0.25, -0.2) is 0 Å². The first-order valence-electron chi connectivity index (χ1n) is 9.80. The van der Waals surface area contributed by atoms with Crippen molar-refractivity contribution in [3.05, 3.63) is 65.9 Å². The predicted octanol–water partition coefficient (Wildman–Crippen LogP) is 3.39. The summed E-state index contributed by atoms with van der Waals surface area (Å²) in [7, 11) is 0. The average molecular weight is 387 g/mol. The van der Waals surface area contributed by atoms with Gasteiger partial charge in [0.1, 0.15) is 12.8 Å². The van der Waals surface area contributed by atoms with Crippen molar-refractivity contribution in [3.8, 4) is 0 Å². The lowest BCUT2D eigenvalue weighted by molar-refractivity contribution is -0.124. The fraction of sp³-hybridized carbons (Fsp3) is 0.217. The van der Waals surface area contributed by atoms with Crippen molar-refractivity contribution in [1.82, 2.24) is 9.88 Å². The van der Waals surface area contributed by atoms with E-state index in [1.807, 2.05) is 65.4 Å². The highest BCUT2D eigenvalue weighted by Gasteiger charge is 2.24. The molecule has 2 N–H and O–H groups in total. The molecule has 2 aliphatic rings. The number of fused-ring (bicyclic) bond motifs is 2. The molecule has 146 valence electrons. The molecule has 2 aromatic carbocycles. The van der Waals surface area contributed by atoms with Gasteiger partial charge < -0.3 is 19.9 Å². The van der Waals surface area contributed by atoms with Gasteiger partial charge in [-0.1, -0.05) is 36.4 Å². The number of amides is 2. The van der Waals surface area contributed by atoms with Crippen molar-refractivity contribution in [2.75, 3.05) is 11.9 Å². The van der Waals surface area contributed by atoms with E-state index < -0.39 is 0 Å². The number of hydrogen-bond donors (Lipinski definition) is 2. The number of nitrogens with zero attached hydrogens (tertiary/aromatic N) is 1. The SMILES string of the molecule is O=C(Cn1cc(/C=C2\C(=O)Nc3ccccc32)c2ccccc21)NC1CCCO1. The Morgan fingerprint density at radius 1 is 1.21 bits per heavy atom. The largest absolute Gasteiger partial charge is 0.359 e. The molecule has 0 radical (unpaired) electrons. The molecule has 6 nitrogen and oxygen atoms in total. The molecular formula is C23H21N3O3. The number of para-hydroxylation sites is 2. The average Bonchev–Trinajstić information content (AvgIpc) is 3.42. The molecule has 1 aromatic heterocycles. The third-order valence-electron chi connectivity index (χ3n) is 5.39. The van der Waals surface area contributed by atoms with Crippen LogP contribution in [0.25, 0.3) is 22.6 Å². The molecule has 0 spiro atoms. The lowest BCUT2D eigenvalue weighted by atomic mass is 10.0. The van der Waals surface area contributed by atoms with Crippen LogP contribution in [0.1, 0.15) is 24.0 Å². The van der Waals surface area contributed by atoms with E-state index in [9.17, 15) is 9.59 Å². The fourth-order valence-corrected chi connectivity index (χ4v) is 4.03. The highest BCUT2D eigenvalue weighted by Crippen LogP contribution is 2.34. The van der Waals surface area contributed by atoms with Crippen LogP contribution < -0.4 is 10.6 Å². The van der Waals surface area contributed by atoms with Crippen LogP contribution in [0, 0.1) is 0 Å². The normalized spacial score (nSPS) is 19.5. The van der Waals surface area contributed by atoms with E-state index in [-0.39, 0.29) is 24.6 Å². The van der Waals surface area contributed by atoms with Gasteiger partial charge in [0.25, 0.3) is 5.91 Å². The molecule has 2 aliphatic heterocycles. The van der Waals surface area contributed by atoms with E-state index in [4.69, 9.17) is 4.74 Å². The zero-order valence-corrected chi connectivity index (χ0v) is 15.9. The van der Waals surface area contributed by atoms with E-state index >= 15 is 0 Å². The third-order valence-corrected chi connectivity index (χ3v) is 5.39. The molecule has 3 aromatic rings. The first-order valence-corrected chi connectivity index (χ1v) is 9.80. The second-order valence-electron chi connectivity index (χ2n) is 7.36. The van der Waals surface area contributed by atoms with Gasteiger partial charge in [0.2, 0.25) is 5.91 Å². The molecule has 0 bridgehead atoms. The molecular weight excluding hydrogens is 366 g/mol. The topological polar surface area (TPSA) is 72.4 Å². The molecule has 3 heterocycles. The summed E-state index contributed by atoms with van der Waals surface area (Å²) < 4.78 is 7.41. The third kappa shape index (κ3) is 3.32. The molecule has 2 amide bonds. The van der Waals surface area contributed by atoms with Crippen LogP contribution in [-0.4, -0.2) is 29.2 Å². The molecule has 29 heavy (non-hydrogen) atoms. The highest BCUT2D eigenvalue weighted by molar-refractivity contribution is 6.35. The summed E-state index contributed by atoms with van der Waals surface area (Å²) in [6, 6.07) is 15.6. The van der Waals surface area contributed by atoms with Gasteiger partial charge in [0.15, 0.2) is 0 Å². The number of anilines is 1. The summed E-state index contributed by atoms with van der Waals surface area (Å²) in [4.78, 5) is 25.0. The Kier molecular flexibility index (Phi) is 4.41. The Hall–Kier alpha value is -3.38. The number of rotatable bonds is 4. The van der Waals surface area contributed by atoms with Crippen molar-refractivity contribution < 1.29 is 14.3 Å². The van der Waals surface area contributed by atoms with Crippen LogP contribution in [-0.2, 0) is 20.9 Å². The van der Waals surface area contributed by atoms with Crippen molar-refractivity contribution >= 4 is 40.1 Å². The van der Waals surface area contributed by atoms with E-state index in [0.717, 1.165) is 40.6 Å². The molecule has 1 fully saturated rings. The molecule has 0 saturated carbocycles. The number of ether oxygens (including phenoxy) is 1. The Morgan fingerprint density at radius 3 is 2.90 bits per heavy atom. The summed E-state index contributed by atoms with van der Waals surface area (Å²) in [5.41, 5.74) is 4.21. The highest BCUT2D eigenvalue weighted by atomic mass is 16.5. The maximum absolute atomic E-state index is 12.5. The molecule has 5 rings (SSSR count). The van der Waals surface area contributed by atoms with Gasteiger partial charge in [-0.3, -0.25) is 9.59 Å². The van der Waals surface area contributed by atoms with E-state index in [0.29, 0.717) is 12.2 Å². The van der Waals surface area contributed by atoms with Crippen LogP contribution in [0.5, 0.6) is 0 Å². The zero-order valence-electron chi connectivity index (χ0n) is 15.9. The first-order chi connectivity index (χ1) is 14.2. The zero-order chi connectivity index (χ0) is 19.8. The van der Waals surface area contributed by atoms with Gasteiger partial charge in [-0.05, 0) is 31.1 Å². The standard InChI is InChI=1S/C23H21N3O3/c27-21(25-22-10-5-11-29-22)14-26-13-15(16-6-2-4-9-20(16)26)12-18-17-7-1-3-8-19(17)24-23(18)28/h1-4,6-9,12-13,22H,5,10-11,14H2,(H,24,28)(H,25,27)/b18-12-. The number of carbonyl (C=O) groups excluding carboxylic acids is 2. The molecule has 6 heteroatoms. The lowest BCUT2D eigenvalue weighted by Gasteiger charge is -2.12. The van der Waals surface area contributed by atoms with E-state index in [2.05, 4.69) is 10.6 Å². The van der Waals surface area contributed by atoms with E-state index in [1.165, 1.54) is 0 Å². The number of aromatic nitrogens is 1. The van der Waals surface area contributed by atoms with Crippen LogP contribution in [0.4, 0.5) is 5.69 Å². The minimum Gasteiger partial charge on any atom is -0.359 e. The summed E-state index contributed by atoms with van der Waals surface area (Å²) in [6.45, 7) is 0.894. The van der Waals surface area contributed by atoms with Crippen molar-refractivity contribution in [2.45, 2.75) is 25.6 Å². The maximum atomic E-state index is 12.5. The molecule has 0 aliphatic carbocycles.